The lowest BCUT2D eigenvalue weighted by atomic mass is 9.75. The van der Waals surface area contributed by atoms with Gasteiger partial charge >= 0.3 is 0 Å². The van der Waals surface area contributed by atoms with Gasteiger partial charge < -0.3 is 11.1 Å². The molecular weight excluding hydrogens is 270 g/mol. The van der Waals surface area contributed by atoms with Gasteiger partial charge in [-0.3, -0.25) is 4.99 Å². The molecule has 1 fully saturated rings. The van der Waals surface area contributed by atoms with Crippen LogP contribution in [0.3, 0.4) is 0 Å². The van der Waals surface area contributed by atoms with Crippen molar-refractivity contribution < 1.29 is 0 Å². The molecule has 1 aliphatic carbocycles. The number of nitrogens with two attached hydrogens (primary N) is 1. The zero-order valence-corrected chi connectivity index (χ0v) is 13.7. The maximum absolute atomic E-state index is 6.10. The number of allylic oxidation sites excluding steroid dienone is 5. The Morgan fingerprint density at radius 3 is 2.82 bits per heavy atom. The fourth-order valence-corrected chi connectivity index (χ4v) is 2.80. The second-order valence-electron chi connectivity index (χ2n) is 6.08. The van der Waals surface area contributed by atoms with E-state index in [2.05, 4.69) is 31.5 Å². The summed E-state index contributed by atoms with van der Waals surface area (Å²) in [6.07, 6.45) is 13.1. The summed E-state index contributed by atoms with van der Waals surface area (Å²) in [6, 6.07) is 0.457. The molecule has 0 spiro atoms. The van der Waals surface area contributed by atoms with Crippen LogP contribution in [0.25, 0.3) is 0 Å². The lowest BCUT2D eigenvalue weighted by molar-refractivity contribution is 0.307. The third-order valence-electron chi connectivity index (χ3n) is 4.49. The third-order valence-corrected chi connectivity index (χ3v) is 4.49. The standard InChI is InChI=1S/C19H27N3/c1-5-13(3)15-10-16(11-15)21-12-17(18(20)6-2)19-9-7-8-14(4)22-19/h6-9,12,15-16,19,22H,2-3,5,10-11,20H2,1,4H3. The van der Waals surface area contributed by atoms with Crippen LogP contribution >= 0.6 is 0 Å². The highest BCUT2D eigenvalue weighted by Gasteiger charge is 2.29. The molecule has 118 valence electrons. The number of aliphatic imine (C=N–C) groups is 1. The molecule has 0 aromatic carbocycles. The van der Waals surface area contributed by atoms with Crippen molar-refractivity contribution in [2.75, 3.05) is 0 Å². The molecule has 0 aromatic rings. The summed E-state index contributed by atoms with van der Waals surface area (Å²) in [4.78, 5) is 4.72. The van der Waals surface area contributed by atoms with Crippen LogP contribution < -0.4 is 11.1 Å². The topological polar surface area (TPSA) is 50.4 Å². The minimum absolute atomic E-state index is 0.0632. The highest BCUT2D eigenvalue weighted by molar-refractivity contribution is 5.83. The summed E-state index contributed by atoms with van der Waals surface area (Å²) in [5.74, 6) is 0.647. The summed E-state index contributed by atoms with van der Waals surface area (Å²) < 4.78 is 0. The van der Waals surface area contributed by atoms with Gasteiger partial charge in [0.15, 0.2) is 0 Å². The third kappa shape index (κ3) is 3.79. The van der Waals surface area contributed by atoms with Gasteiger partial charge in [-0.1, -0.05) is 37.8 Å². The SMILES string of the molecule is C=CC(N)=C(C=NC1CC(C(=C)CC)C1)C1C=CC=C(C)N1. The number of dihydropyridines is 1. The summed E-state index contributed by atoms with van der Waals surface area (Å²) in [7, 11) is 0. The zero-order chi connectivity index (χ0) is 16.1. The van der Waals surface area contributed by atoms with Crippen molar-refractivity contribution >= 4 is 6.21 Å². The van der Waals surface area contributed by atoms with Gasteiger partial charge in [-0.2, -0.15) is 0 Å². The predicted octanol–water partition coefficient (Wildman–Crippen LogP) is 3.63. The van der Waals surface area contributed by atoms with Crippen LogP contribution in [-0.4, -0.2) is 18.3 Å². The molecule has 22 heavy (non-hydrogen) atoms. The maximum atomic E-state index is 6.10. The summed E-state index contributed by atoms with van der Waals surface area (Å²) in [5, 5.41) is 3.41. The molecule has 2 rings (SSSR count). The van der Waals surface area contributed by atoms with E-state index in [4.69, 9.17) is 10.7 Å². The van der Waals surface area contributed by atoms with Crippen molar-refractivity contribution in [1.82, 2.24) is 5.32 Å². The molecular formula is C19H27N3. The Balaban J connectivity index is 2.02. The molecule has 1 aliphatic heterocycles. The van der Waals surface area contributed by atoms with Gasteiger partial charge in [-0.25, -0.2) is 0 Å². The second-order valence-corrected chi connectivity index (χ2v) is 6.08. The largest absolute Gasteiger partial charge is 0.398 e. The first-order chi connectivity index (χ1) is 10.5. The molecule has 1 unspecified atom stereocenters. The van der Waals surface area contributed by atoms with Gasteiger partial charge in [-0.05, 0) is 44.3 Å². The number of hydrogen-bond acceptors (Lipinski definition) is 3. The van der Waals surface area contributed by atoms with E-state index in [1.807, 2.05) is 25.3 Å². The number of rotatable bonds is 6. The highest BCUT2D eigenvalue weighted by Crippen LogP contribution is 2.36. The van der Waals surface area contributed by atoms with Crippen LogP contribution in [-0.2, 0) is 0 Å². The van der Waals surface area contributed by atoms with Crippen molar-refractivity contribution in [3.63, 3.8) is 0 Å². The highest BCUT2D eigenvalue weighted by atomic mass is 14.9. The number of nitrogens with zero attached hydrogens (tertiary/aromatic N) is 1. The Kier molecular flexibility index (Phi) is 5.42. The van der Waals surface area contributed by atoms with Crippen LogP contribution in [0.2, 0.25) is 0 Å². The Morgan fingerprint density at radius 2 is 2.23 bits per heavy atom. The van der Waals surface area contributed by atoms with Gasteiger partial charge in [0, 0.05) is 23.2 Å². The molecule has 3 nitrogen and oxygen atoms in total. The first kappa shape index (κ1) is 16.3. The molecule has 1 atom stereocenters. The minimum atomic E-state index is 0.0632. The Labute approximate surface area is 134 Å². The zero-order valence-electron chi connectivity index (χ0n) is 13.7. The molecule has 3 heteroatoms. The summed E-state index contributed by atoms with van der Waals surface area (Å²) in [5.41, 5.74) is 10.2. The molecule has 0 bridgehead atoms. The van der Waals surface area contributed by atoms with E-state index in [0.717, 1.165) is 30.5 Å². The molecule has 0 amide bonds. The fourth-order valence-electron chi connectivity index (χ4n) is 2.80. The summed E-state index contributed by atoms with van der Waals surface area (Å²) >= 11 is 0. The van der Waals surface area contributed by atoms with E-state index in [1.54, 1.807) is 6.08 Å². The Hall–Kier alpha value is -2.03. The van der Waals surface area contributed by atoms with Gasteiger partial charge in [0.25, 0.3) is 0 Å². The quantitative estimate of drug-likeness (QED) is 0.447. The van der Waals surface area contributed by atoms with E-state index in [1.165, 1.54) is 5.57 Å². The van der Waals surface area contributed by atoms with Gasteiger partial charge in [-0.15, -0.1) is 0 Å². The summed E-state index contributed by atoms with van der Waals surface area (Å²) in [6.45, 7) is 12.1. The van der Waals surface area contributed by atoms with Gasteiger partial charge in [0.05, 0.1) is 12.1 Å². The van der Waals surface area contributed by atoms with Crippen LogP contribution in [0.5, 0.6) is 0 Å². The number of nitrogens with one attached hydrogen (secondary N) is 1. The van der Waals surface area contributed by atoms with Crippen LogP contribution in [0.15, 0.2) is 65.0 Å². The molecule has 1 heterocycles. The normalized spacial score (nSPS) is 28.5. The molecule has 0 saturated heterocycles. The van der Waals surface area contributed by atoms with Gasteiger partial charge in [0.1, 0.15) is 0 Å². The minimum Gasteiger partial charge on any atom is -0.398 e. The van der Waals surface area contributed by atoms with Crippen LogP contribution in [0, 0.1) is 5.92 Å². The first-order valence-electron chi connectivity index (χ1n) is 7.99. The van der Waals surface area contributed by atoms with E-state index in [-0.39, 0.29) is 6.04 Å². The Morgan fingerprint density at radius 1 is 1.50 bits per heavy atom. The average Bonchev–Trinajstić information content (AvgIpc) is 2.48. The molecule has 3 N–H and O–H groups in total. The monoisotopic (exact) mass is 297 g/mol. The maximum Gasteiger partial charge on any atom is 0.0733 e. The van der Waals surface area contributed by atoms with E-state index in [9.17, 15) is 0 Å². The van der Waals surface area contributed by atoms with Crippen molar-refractivity contribution in [3.8, 4) is 0 Å². The van der Waals surface area contributed by atoms with E-state index < -0.39 is 0 Å². The fraction of sp³-hybridized carbons (Fsp3) is 0.421. The van der Waals surface area contributed by atoms with E-state index in [0.29, 0.717) is 17.7 Å². The van der Waals surface area contributed by atoms with Crippen molar-refractivity contribution in [2.24, 2.45) is 16.6 Å². The van der Waals surface area contributed by atoms with Crippen LogP contribution in [0.4, 0.5) is 0 Å². The van der Waals surface area contributed by atoms with Crippen LogP contribution in [0.1, 0.15) is 33.1 Å². The van der Waals surface area contributed by atoms with Crippen molar-refractivity contribution in [2.45, 2.75) is 45.2 Å². The predicted molar refractivity (Wildman–Crippen MR) is 95.7 cm³/mol. The molecule has 2 aliphatic rings. The average molecular weight is 297 g/mol. The van der Waals surface area contributed by atoms with E-state index >= 15 is 0 Å². The lowest BCUT2D eigenvalue weighted by Crippen LogP contribution is -2.33. The Bertz CT molecular complexity index is 557. The number of hydrogen-bond donors (Lipinski definition) is 2. The van der Waals surface area contributed by atoms with Crippen molar-refractivity contribution in [3.05, 3.63) is 60.0 Å². The molecule has 0 radical (unpaired) electrons. The second kappa shape index (κ2) is 7.30. The first-order valence-corrected chi connectivity index (χ1v) is 7.99. The lowest BCUT2D eigenvalue weighted by Gasteiger charge is -2.34. The van der Waals surface area contributed by atoms with Gasteiger partial charge in [0.2, 0.25) is 0 Å². The molecule has 1 saturated carbocycles. The molecule has 0 aromatic heterocycles. The van der Waals surface area contributed by atoms with Crippen molar-refractivity contribution in [1.29, 1.82) is 0 Å². The smallest absolute Gasteiger partial charge is 0.0733 e.